The summed E-state index contributed by atoms with van der Waals surface area (Å²) in [5.74, 6) is 0.720. The summed E-state index contributed by atoms with van der Waals surface area (Å²) in [6.45, 7) is 4.25. The van der Waals surface area contributed by atoms with Crippen LogP contribution >= 0.6 is 0 Å². The van der Waals surface area contributed by atoms with Gasteiger partial charge in [0.15, 0.2) is 0 Å². The average molecular weight is 265 g/mol. The monoisotopic (exact) mass is 265 g/mol. The predicted molar refractivity (Wildman–Crippen MR) is 76.4 cm³/mol. The first-order chi connectivity index (χ1) is 8.95. The molecule has 0 aromatic carbocycles. The van der Waals surface area contributed by atoms with Crippen LogP contribution in [-0.2, 0) is 0 Å². The van der Waals surface area contributed by atoms with Crippen molar-refractivity contribution in [1.29, 1.82) is 0 Å². The van der Waals surface area contributed by atoms with E-state index >= 15 is 0 Å². The fourth-order valence-electron chi connectivity index (χ4n) is 1.58. The first kappa shape index (κ1) is 15.4. The third-order valence-electron chi connectivity index (χ3n) is 3.24. The van der Waals surface area contributed by atoms with Crippen LogP contribution in [-0.4, -0.2) is 42.7 Å². The first-order valence-corrected chi connectivity index (χ1v) is 6.55. The molecule has 0 bridgehead atoms. The van der Waals surface area contributed by atoms with Crippen LogP contribution < -0.4 is 10.2 Å². The lowest BCUT2D eigenvalue weighted by atomic mass is 10.0. The van der Waals surface area contributed by atoms with Crippen molar-refractivity contribution >= 4 is 11.7 Å². The molecule has 106 valence electrons. The average Bonchev–Trinajstić information content (AvgIpc) is 2.43. The number of rotatable bonds is 6. The third-order valence-corrected chi connectivity index (χ3v) is 3.24. The molecular formula is C14H23N3O2. The fourth-order valence-corrected chi connectivity index (χ4v) is 1.58. The van der Waals surface area contributed by atoms with Crippen LogP contribution in [0.1, 0.15) is 30.6 Å². The Morgan fingerprint density at radius 2 is 2.21 bits per heavy atom. The molecule has 1 amide bonds. The SMILES string of the molecule is CCC(C)C(O)CNC(=O)c1ccnc(N(C)C)c1. The van der Waals surface area contributed by atoms with Gasteiger partial charge >= 0.3 is 0 Å². The number of hydrogen-bond donors (Lipinski definition) is 2. The van der Waals surface area contributed by atoms with Gasteiger partial charge in [-0.3, -0.25) is 4.79 Å². The Bertz CT molecular complexity index is 421. The molecule has 0 spiro atoms. The lowest BCUT2D eigenvalue weighted by Gasteiger charge is -2.18. The summed E-state index contributed by atoms with van der Waals surface area (Å²) >= 11 is 0. The Labute approximate surface area is 114 Å². The van der Waals surface area contributed by atoms with Gasteiger partial charge in [0.2, 0.25) is 0 Å². The van der Waals surface area contributed by atoms with Crippen LogP contribution in [0.3, 0.4) is 0 Å². The number of aliphatic hydroxyl groups is 1. The van der Waals surface area contributed by atoms with Crippen LogP contribution in [0, 0.1) is 5.92 Å². The van der Waals surface area contributed by atoms with Crippen LogP contribution in [0.5, 0.6) is 0 Å². The minimum absolute atomic E-state index is 0.176. The second kappa shape index (κ2) is 7.09. The molecule has 0 aliphatic heterocycles. The van der Waals surface area contributed by atoms with E-state index in [0.717, 1.165) is 12.2 Å². The number of carbonyl (C=O) groups is 1. The lowest BCUT2D eigenvalue weighted by molar-refractivity contribution is 0.0850. The minimum atomic E-state index is -0.510. The largest absolute Gasteiger partial charge is 0.391 e. The molecule has 5 nitrogen and oxygen atoms in total. The molecular weight excluding hydrogens is 242 g/mol. The van der Waals surface area contributed by atoms with Crippen LogP contribution in [0.25, 0.3) is 0 Å². The Balaban J connectivity index is 2.61. The highest BCUT2D eigenvalue weighted by Crippen LogP contribution is 2.10. The van der Waals surface area contributed by atoms with Crippen molar-refractivity contribution in [3.05, 3.63) is 23.9 Å². The van der Waals surface area contributed by atoms with Crippen LogP contribution in [0.2, 0.25) is 0 Å². The smallest absolute Gasteiger partial charge is 0.251 e. The maximum absolute atomic E-state index is 12.0. The Morgan fingerprint density at radius 1 is 1.53 bits per heavy atom. The van der Waals surface area contributed by atoms with Gasteiger partial charge in [-0.2, -0.15) is 0 Å². The van der Waals surface area contributed by atoms with Crippen molar-refractivity contribution in [2.45, 2.75) is 26.4 Å². The van der Waals surface area contributed by atoms with Crippen molar-refractivity contribution in [2.75, 3.05) is 25.5 Å². The molecule has 0 fully saturated rings. The summed E-state index contributed by atoms with van der Waals surface area (Å²) in [5, 5.41) is 12.6. The second-order valence-corrected chi connectivity index (χ2v) is 4.96. The standard InChI is InChI=1S/C14H23N3O2/c1-5-10(2)12(18)9-16-14(19)11-6-7-15-13(8-11)17(3)4/h6-8,10,12,18H,5,9H2,1-4H3,(H,16,19). The summed E-state index contributed by atoms with van der Waals surface area (Å²) in [4.78, 5) is 18.0. The van der Waals surface area contributed by atoms with Crippen LogP contribution in [0.4, 0.5) is 5.82 Å². The predicted octanol–water partition coefficient (Wildman–Crippen LogP) is 1.28. The molecule has 2 N–H and O–H groups in total. The van der Waals surface area contributed by atoms with E-state index < -0.39 is 6.10 Å². The molecule has 1 rings (SSSR count). The van der Waals surface area contributed by atoms with Crippen molar-refractivity contribution in [2.24, 2.45) is 5.92 Å². The lowest BCUT2D eigenvalue weighted by Crippen LogP contribution is -2.35. The highest BCUT2D eigenvalue weighted by atomic mass is 16.3. The fraction of sp³-hybridized carbons (Fsp3) is 0.571. The maximum Gasteiger partial charge on any atom is 0.251 e. The summed E-state index contributed by atoms with van der Waals surface area (Å²) < 4.78 is 0. The van der Waals surface area contributed by atoms with Crippen molar-refractivity contribution in [3.63, 3.8) is 0 Å². The highest BCUT2D eigenvalue weighted by molar-refractivity contribution is 5.94. The summed E-state index contributed by atoms with van der Waals surface area (Å²) in [6.07, 6.45) is 1.98. The number of carbonyl (C=O) groups excluding carboxylic acids is 1. The van der Waals surface area contributed by atoms with E-state index in [2.05, 4.69) is 10.3 Å². The quantitative estimate of drug-likeness (QED) is 0.813. The van der Waals surface area contributed by atoms with Gasteiger partial charge in [-0.15, -0.1) is 0 Å². The number of nitrogens with zero attached hydrogens (tertiary/aromatic N) is 2. The van der Waals surface area contributed by atoms with Gasteiger partial charge in [0, 0.05) is 32.4 Å². The molecule has 0 saturated heterocycles. The minimum Gasteiger partial charge on any atom is -0.391 e. The van der Waals surface area contributed by atoms with Gasteiger partial charge in [-0.05, 0) is 18.1 Å². The number of anilines is 1. The Kier molecular flexibility index (Phi) is 5.76. The van der Waals surface area contributed by atoms with Gasteiger partial charge < -0.3 is 15.3 Å². The van der Waals surface area contributed by atoms with Gasteiger partial charge in [0.05, 0.1) is 6.10 Å². The number of aromatic nitrogens is 1. The van der Waals surface area contributed by atoms with Gasteiger partial charge in [0.25, 0.3) is 5.91 Å². The van der Waals surface area contributed by atoms with E-state index in [0.29, 0.717) is 5.56 Å². The number of pyridine rings is 1. The topological polar surface area (TPSA) is 65.5 Å². The van der Waals surface area contributed by atoms with E-state index in [4.69, 9.17) is 0 Å². The van der Waals surface area contributed by atoms with Gasteiger partial charge in [-0.1, -0.05) is 20.3 Å². The molecule has 1 heterocycles. The van der Waals surface area contributed by atoms with E-state index in [1.54, 1.807) is 18.3 Å². The van der Waals surface area contributed by atoms with E-state index in [1.807, 2.05) is 32.8 Å². The molecule has 1 aromatic heterocycles. The summed E-state index contributed by atoms with van der Waals surface area (Å²) in [5.41, 5.74) is 0.551. The molecule has 0 radical (unpaired) electrons. The molecule has 2 unspecified atom stereocenters. The van der Waals surface area contributed by atoms with Gasteiger partial charge in [0.1, 0.15) is 5.82 Å². The zero-order chi connectivity index (χ0) is 14.4. The third kappa shape index (κ3) is 4.52. The van der Waals surface area contributed by atoms with Gasteiger partial charge in [-0.25, -0.2) is 4.98 Å². The Morgan fingerprint density at radius 3 is 2.79 bits per heavy atom. The molecule has 0 aliphatic rings. The van der Waals surface area contributed by atoms with E-state index in [-0.39, 0.29) is 18.4 Å². The van der Waals surface area contributed by atoms with E-state index in [1.165, 1.54) is 0 Å². The second-order valence-electron chi connectivity index (χ2n) is 4.96. The molecule has 19 heavy (non-hydrogen) atoms. The molecule has 0 saturated carbocycles. The van der Waals surface area contributed by atoms with E-state index in [9.17, 15) is 9.90 Å². The molecule has 5 heteroatoms. The number of hydrogen-bond acceptors (Lipinski definition) is 4. The highest BCUT2D eigenvalue weighted by Gasteiger charge is 2.14. The summed E-state index contributed by atoms with van der Waals surface area (Å²) in [7, 11) is 3.74. The van der Waals surface area contributed by atoms with Crippen LogP contribution in [0.15, 0.2) is 18.3 Å². The Hall–Kier alpha value is -1.62. The first-order valence-electron chi connectivity index (χ1n) is 6.55. The number of aliphatic hydroxyl groups excluding tert-OH is 1. The molecule has 2 atom stereocenters. The number of amides is 1. The maximum atomic E-state index is 12.0. The molecule has 0 aliphatic carbocycles. The zero-order valence-corrected chi connectivity index (χ0v) is 12.1. The normalized spacial score (nSPS) is 13.7. The number of nitrogens with one attached hydrogen (secondary N) is 1. The van der Waals surface area contributed by atoms with Crippen molar-refractivity contribution in [3.8, 4) is 0 Å². The van der Waals surface area contributed by atoms with Crippen molar-refractivity contribution < 1.29 is 9.90 Å². The summed E-state index contributed by atoms with van der Waals surface area (Å²) in [6, 6.07) is 3.39. The molecule has 1 aromatic rings. The zero-order valence-electron chi connectivity index (χ0n) is 12.1. The van der Waals surface area contributed by atoms with Crippen molar-refractivity contribution in [1.82, 2.24) is 10.3 Å².